The van der Waals surface area contributed by atoms with Crippen LogP contribution in [0.2, 0.25) is 0 Å². The maximum Gasteiger partial charge on any atom is 0.224 e. The van der Waals surface area contributed by atoms with Crippen molar-refractivity contribution >= 4 is 16.8 Å². The number of carbonyl (C=O) groups excluding carboxylic acids is 1. The van der Waals surface area contributed by atoms with Crippen LogP contribution in [0.5, 0.6) is 5.75 Å². The molecule has 1 amide bonds. The van der Waals surface area contributed by atoms with Gasteiger partial charge in [0.2, 0.25) is 5.91 Å². The molecule has 2 aliphatic heterocycles. The molecule has 2 aliphatic rings. The second-order valence-electron chi connectivity index (χ2n) is 10.1. The molecule has 6 heteroatoms. The normalized spacial score (nSPS) is 21.8. The predicted octanol–water partition coefficient (Wildman–Crippen LogP) is 3.77. The van der Waals surface area contributed by atoms with E-state index in [-0.39, 0.29) is 11.8 Å². The Hall–Kier alpha value is -2.83. The van der Waals surface area contributed by atoms with E-state index < -0.39 is 0 Å². The van der Waals surface area contributed by atoms with Gasteiger partial charge in [-0.15, -0.1) is 0 Å². The minimum atomic E-state index is 0.0152. The highest BCUT2D eigenvalue weighted by Crippen LogP contribution is 2.26. The lowest BCUT2D eigenvalue weighted by molar-refractivity contribution is -0.127. The number of nitrogens with zero attached hydrogens (tertiary/aromatic N) is 2. The largest absolute Gasteiger partial charge is 0.508 e. The Morgan fingerprint density at radius 3 is 2.65 bits per heavy atom. The summed E-state index contributed by atoms with van der Waals surface area (Å²) < 4.78 is 0. The summed E-state index contributed by atoms with van der Waals surface area (Å²) in [7, 11) is 0. The molecule has 180 valence electrons. The molecule has 2 aromatic carbocycles. The molecule has 2 saturated heterocycles. The van der Waals surface area contributed by atoms with E-state index in [2.05, 4.69) is 44.5 Å². The monoisotopic (exact) mass is 460 g/mol. The zero-order valence-corrected chi connectivity index (χ0v) is 19.9. The molecule has 0 aliphatic carbocycles. The van der Waals surface area contributed by atoms with Gasteiger partial charge in [-0.25, -0.2) is 0 Å². The average molecular weight is 461 g/mol. The van der Waals surface area contributed by atoms with Crippen LogP contribution < -0.4 is 5.32 Å². The average Bonchev–Trinajstić information content (AvgIpc) is 3.50. The van der Waals surface area contributed by atoms with Crippen LogP contribution in [0, 0.1) is 11.8 Å². The molecule has 3 heterocycles. The number of phenols is 1. The van der Waals surface area contributed by atoms with Crippen molar-refractivity contribution < 1.29 is 9.90 Å². The van der Waals surface area contributed by atoms with Gasteiger partial charge < -0.3 is 20.3 Å². The lowest BCUT2D eigenvalue weighted by atomic mass is 9.87. The van der Waals surface area contributed by atoms with Crippen LogP contribution in [0.4, 0.5) is 0 Å². The summed E-state index contributed by atoms with van der Waals surface area (Å²) in [6.07, 6.45) is 6.44. The number of aromatic amines is 1. The molecule has 0 saturated carbocycles. The smallest absolute Gasteiger partial charge is 0.224 e. The summed E-state index contributed by atoms with van der Waals surface area (Å²) in [4.78, 5) is 21.5. The van der Waals surface area contributed by atoms with Crippen molar-refractivity contribution in [1.82, 2.24) is 20.1 Å². The van der Waals surface area contributed by atoms with E-state index in [1.807, 2.05) is 18.2 Å². The van der Waals surface area contributed by atoms with Gasteiger partial charge in [-0.2, -0.15) is 0 Å². The number of phenolic OH excluding ortho intramolecular Hbond substituents is 1. The molecule has 0 spiro atoms. The topological polar surface area (TPSA) is 71.6 Å². The first-order valence-corrected chi connectivity index (χ1v) is 12.7. The van der Waals surface area contributed by atoms with Gasteiger partial charge in [-0.05, 0) is 74.0 Å². The van der Waals surface area contributed by atoms with Crippen LogP contribution >= 0.6 is 0 Å². The lowest BCUT2D eigenvalue weighted by Gasteiger charge is -2.38. The van der Waals surface area contributed by atoms with Crippen molar-refractivity contribution in [3.8, 4) is 5.75 Å². The summed E-state index contributed by atoms with van der Waals surface area (Å²) in [5, 5.41) is 14.1. The van der Waals surface area contributed by atoms with Crippen LogP contribution in [0.25, 0.3) is 10.9 Å². The van der Waals surface area contributed by atoms with Gasteiger partial charge in [-0.1, -0.05) is 30.3 Å². The first kappa shape index (κ1) is 22.9. The van der Waals surface area contributed by atoms with Crippen molar-refractivity contribution in [2.45, 2.75) is 32.2 Å². The van der Waals surface area contributed by atoms with Gasteiger partial charge in [0.25, 0.3) is 0 Å². The van der Waals surface area contributed by atoms with E-state index in [1.165, 1.54) is 42.4 Å². The molecular formula is C28H36N4O2. The fourth-order valence-electron chi connectivity index (χ4n) is 5.75. The molecule has 3 aromatic rings. The number of carbonyl (C=O) groups is 1. The fraction of sp³-hybridized carbons (Fsp3) is 0.464. The minimum Gasteiger partial charge on any atom is -0.508 e. The van der Waals surface area contributed by atoms with E-state index in [0.29, 0.717) is 18.2 Å². The van der Waals surface area contributed by atoms with E-state index in [1.54, 1.807) is 12.1 Å². The summed E-state index contributed by atoms with van der Waals surface area (Å²) in [5.74, 6) is 0.998. The summed E-state index contributed by atoms with van der Waals surface area (Å²) >= 11 is 0. The molecule has 2 atom stereocenters. The maximum atomic E-state index is 13.2. The SMILES string of the molecule is O=C(NCCc1c[nH]c2ccccc12)[C@@H]1C[C@H](CN2CCCC2)CN(Cc2ccc(O)cc2)C1. The summed E-state index contributed by atoms with van der Waals surface area (Å²) in [6, 6.07) is 15.8. The number of rotatable bonds is 8. The molecule has 0 unspecified atom stereocenters. The first-order valence-electron chi connectivity index (χ1n) is 12.7. The number of piperidine rings is 1. The predicted molar refractivity (Wildman–Crippen MR) is 136 cm³/mol. The number of aromatic nitrogens is 1. The molecule has 5 rings (SSSR count). The van der Waals surface area contributed by atoms with E-state index in [0.717, 1.165) is 44.5 Å². The molecule has 0 radical (unpaired) electrons. The van der Waals surface area contributed by atoms with Crippen molar-refractivity contribution in [3.63, 3.8) is 0 Å². The number of hydrogen-bond donors (Lipinski definition) is 3. The highest BCUT2D eigenvalue weighted by molar-refractivity contribution is 5.83. The van der Waals surface area contributed by atoms with Gasteiger partial charge in [0.15, 0.2) is 0 Å². The number of para-hydroxylation sites is 1. The number of likely N-dealkylation sites (tertiary alicyclic amines) is 2. The van der Waals surface area contributed by atoms with Crippen LogP contribution in [-0.2, 0) is 17.8 Å². The Kier molecular flexibility index (Phi) is 7.16. The number of fused-ring (bicyclic) bond motifs is 1. The fourth-order valence-corrected chi connectivity index (χ4v) is 5.75. The second-order valence-corrected chi connectivity index (χ2v) is 10.1. The quantitative estimate of drug-likeness (QED) is 0.479. The molecule has 6 nitrogen and oxygen atoms in total. The Bertz CT molecular complexity index is 1090. The molecule has 2 fully saturated rings. The second kappa shape index (κ2) is 10.6. The van der Waals surface area contributed by atoms with Crippen LogP contribution in [0.3, 0.4) is 0 Å². The van der Waals surface area contributed by atoms with Crippen LogP contribution in [0.1, 0.15) is 30.4 Å². The highest BCUT2D eigenvalue weighted by atomic mass is 16.3. The van der Waals surface area contributed by atoms with Gasteiger partial charge in [-0.3, -0.25) is 9.69 Å². The van der Waals surface area contributed by atoms with Gasteiger partial charge in [0, 0.05) is 49.8 Å². The number of nitrogens with one attached hydrogen (secondary N) is 2. The van der Waals surface area contributed by atoms with Crippen molar-refractivity contribution in [3.05, 3.63) is 65.9 Å². The van der Waals surface area contributed by atoms with Crippen molar-refractivity contribution in [1.29, 1.82) is 0 Å². The van der Waals surface area contributed by atoms with Gasteiger partial charge in [0.1, 0.15) is 5.75 Å². The van der Waals surface area contributed by atoms with E-state index >= 15 is 0 Å². The number of aromatic hydroxyl groups is 1. The lowest BCUT2D eigenvalue weighted by Crippen LogP contribution is -2.48. The molecular weight excluding hydrogens is 424 g/mol. The number of hydrogen-bond acceptors (Lipinski definition) is 4. The van der Waals surface area contributed by atoms with E-state index in [4.69, 9.17) is 0 Å². The van der Waals surface area contributed by atoms with Gasteiger partial charge in [0.05, 0.1) is 5.92 Å². The third kappa shape index (κ3) is 5.62. The Labute approximate surface area is 202 Å². The van der Waals surface area contributed by atoms with E-state index in [9.17, 15) is 9.90 Å². The molecule has 0 bridgehead atoms. The molecule has 3 N–H and O–H groups in total. The molecule has 34 heavy (non-hydrogen) atoms. The zero-order chi connectivity index (χ0) is 23.3. The van der Waals surface area contributed by atoms with Crippen molar-refractivity contribution in [2.75, 3.05) is 39.3 Å². The van der Waals surface area contributed by atoms with Gasteiger partial charge >= 0.3 is 0 Å². The van der Waals surface area contributed by atoms with Crippen LogP contribution in [-0.4, -0.2) is 65.1 Å². The Morgan fingerprint density at radius 2 is 1.82 bits per heavy atom. The summed E-state index contributed by atoms with van der Waals surface area (Å²) in [5.41, 5.74) is 3.57. The Balaban J connectivity index is 1.20. The number of H-pyrrole nitrogens is 1. The molecule has 1 aromatic heterocycles. The Morgan fingerprint density at radius 1 is 1.03 bits per heavy atom. The minimum absolute atomic E-state index is 0.0152. The third-order valence-electron chi connectivity index (χ3n) is 7.41. The summed E-state index contributed by atoms with van der Waals surface area (Å²) in [6.45, 7) is 6.76. The zero-order valence-electron chi connectivity index (χ0n) is 19.9. The standard InChI is InChI=1S/C28H36N4O2/c33-25-9-7-21(8-10-25)17-32-19-22(18-31-13-3-4-14-31)15-24(20-32)28(34)29-12-11-23-16-30-27-6-2-1-5-26(23)27/h1-2,5-10,16,22,24,30,33H,3-4,11-15,17-20H2,(H,29,34)/t22-,24-/m1/s1. The first-order chi connectivity index (χ1) is 16.6. The van der Waals surface area contributed by atoms with Crippen molar-refractivity contribution in [2.24, 2.45) is 11.8 Å². The number of benzene rings is 2. The highest BCUT2D eigenvalue weighted by Gasteiger charge is 2.32. The number of amides is 1. The third-order valence-corrected chi connectivity index (χ3v) is 7.41. The van der Waals surface area contributed by atoms with Crippen LogP contribution in [0.15, 0.2) is 54.7 Å². The maximum absolute atomic E-state index is 13.2.